The predicted molar refractivity (Wildman–Crippen MR) is 198 cm³/mol. The smallest absolute Gasteiger partial charge is 0.160 e. The molecule has 0 bridgehead atoms. The van der Waals surface area contributed by atoms with Gasteiger partial charge in [0.2, 0.25) is 0 Å². The fraction of sp³-hybridized carbons (Fsp3) is 0.0698. The van der Waals surface area contributed by atoms with E-state index in [1.165, 1.54) is 59.1 Å². The molecule has 9 aromatic rings. The van der Waals surface area contributed by atoms with E-state index in [0.717, 1.165) is 33.5 Å². The minimum atomic E-state index is -0.208. The van der Waals surface area contributed by atoms with Crippen molar-refractivity contribution in [1.82, 2.24) is 14.5 Å². The van der Waals surface area contributed by atoms with Crippen molar-refractivity contribution < 1.29 is 0 Å². The fourth-order valence-corrected chi connectivity index (χ4v) is 8.93. The molecule has 10 rings (SSSR count). The Balaban J connectivity index is 1.19. The molecule has 222 valence electrons. The van der Waals surface area contributed by atoms with Gasteiger partial charge in [-0.2, -0.15) is 0 Å². The molecular weight excluding hydrogens is 591 g/mol. The molecule has 0 spiro atoms. The van der Waals surface area contributed by atoms with Gasteiger partial charge in [0, 0.05) is 42.8 Å². The Morgan fingerprint density at radius 3 is 2.17 bits per heavy atom. The third kappa shape index (κ3) is 3.79. The third-order valence-electron chi connectivity index (χ3n) is 10.00. The lowest BCUT2D eigenvalue weighted by atomic mass is 9.74. The van der Waals surface area contributed by atoms with Crippen LogP contribution in [-0.2, 0) is 5.41 Å². The highest BCUT2D eigenvalue weighted by Gasteiger charge is 2.36. The molecule has 0 unspecified atom stereocenters. The highest BCUT2D eigenvalue weighted by molar-refractivity contribution is 7.25. The molecule has 0 fully saturated rings. The number of thiophene rings is 1. The third-order valence-corrected chi connectivity index (χ3v) is 11.2. The summed E-state index contributed by atoms with van der Waals surface area (Å²) in [5.74, 6) is 0.742. The molecule has 3 aromatic heterocycles. The van der Waals surface area contributed by atoms with Gasteiger partial charge >= 0.3 is 0 Å². The van der Waals surface area contributed by atoms with Crippen molar-refractivity contribution in [3.63, 3.8) is 0 Å². The van der Waals surface area contributed by atoms with E-state index < -0.39 is 0 Å². The summed E-state index contributed by atoms with van der Waals surface area (Å²) in [7, 11) is 0. The van der Waals surface area contributed by atoms with Crippen LogP contribution in [0.3, 0.4) is 0 Å². The second kappa shape index (κ2) is 9.71. The molecule has 4 heterocycles. The molecule has 0 saturated carbocycles. The van der Waals surface area contributed by atoms with Crippen LogP contribution < -0.4 is 0 Å². The first kappa shape index (κ1) is 26.6. The summed E-state index contributed by atoms with van der Waals surface area (Å²) < 4.78 is 3.83. The number of para-hydroxylation sites is 2. The molecule has 1 aliphatic rings. The summed E-state index contributed by atoms with van der Waals surface area (Å²) in [6.45, 7) is 4.71. The molecule has 0 N–H and O–H groups in total. The predicted octanol–water partition coefficient (Wildman–Crippen LogP) is 11.6. The summed E-state index contributed by atoms with van der Waals surface area (Å²) in [5.41, 5.74) is 11.4. The zero-order chi connectivity index (χ0) is 31.3. The van der Waals surface area contributed by atoms with Crippen LogP contribution in [-0.4, -0.2) is 14.5 Å². The molecule has 0 radical (unpaired) electrons. The van der Waals surface area contributed by atoms with E-state index in [0.29, 0.717) is 0 Å². The lowest BCUT2D eigenvalue weighted by molar-refractivity contribution is 0.630. The molecule has 47 heavy (non-hydrogen) atoms. The maximum atomic E-state index is 5.31. The second-order valence-corrected chi connectivity index (χ2v) is 14.1. The molecular formula is C43H29N3S. The number of aromatic nitrogens is 3. The quantitative estimate of drug-likeness (QED) is 0.197. The topological polar surface area (TPSA) is 30.7 Å². The van der Waals surface area contributed by atoms with Crippen LogP contribution in [0.4, 0.5) is 0 Å². The summed E-state index contributed by atoms with van der Waals surface area (Å²) in [4.78, 5) is 11.8. The summed E-state index contributed by atoms with van der Waals surface area (Å²) in [5, 5.41) is 5.07. The Morgan fingerprint density at radius 2 is 1.28 bits per heavy atom. The summed E-state index contributed by atoms with van der Waals surface area (Å²) >= 11 is 1.88. The first-order chi connectivity index (χ1) is 23.1. The average molecular weight is 620 g/mol. The van der Waals surface area contributed by atoms with E-state index in [1.54, 1.807) is 0 Å². The first-order valence-corrected chi connectivity index (χ1v) is 16.9. The van der Waals surface area contributed by atoms with E-state index in [4.69, 9.17) is 9.97 Å². The number of fused-ring (bicyclic) bond motifs is 8. The Hall–Kier alpha value is -5.58. The van der Waals surface area contributed by atoms with Gasteiger partial charge in [-0.1, -0.05) is 117 Å². The van der Waals surface area contributed by atoms with Crippen molar-refractivity contribution in [1.29, 1.82) is 0 Å². The van der Waals surface area contributed by atoms with E-state index in [-0.39, 0.29) is 5.41 Å². The fourth-order valence-electron chi connectivity index (χ4n) is 7.69. The van der Waals surface area contributed by atoms with Crippen LogP contribution in [0, 0.1) is 0 Å². The van der Waals surface area contributed by atoms with Gasteiger partial charge in [0.05, 0.1) is 22.4 Å². The Morgan fingerprint density at radius 1 is 0.553 bits per heavy atom. The van der Waals surface area contributed by atoms with Crippen LogP contribution in [0.5, 0.6) is 0 Å². The zero-order valence-electron chi connectivity index (χ0n) is 26.0. The second-order valence-electron chi connectivity index (χ2n) is 13.0. The maximum absolute atomic E-state index is 5.31. The summed E-state index contributed by atoms with van der Waals surface area (Å²) in [6, 6.07) is 50.1. The van der Waals surface area contributed by atoms with Gasteiger partial charge in [-0.3, -0.25) is 0 Å². The van der Waals surface area contributed by atoms with E-state index >= 15 is 0 Å². The number of rotatable bonds is 3. The molecule has 0 amide bonds. The summed E-state index contributed by atoms with van der Waals surface area (Å²) in [6.07, 6.45) is 0. The van der Waals surface area contributed by atoms with E-state index in [1.807, 2.05) is 11.3 Å². The minimum absolute atomic E-state index is 0.208. The standard InChI is InChI=1S/C43H29N3S/c1-43(2)33-19-11-18-32-38-31-17-7-9-21-37(31)47-42(38)46(40(32)33)36-23-22-29(25-34(36)43)41-44-35-20-8-6-16-30(35)39(45-41)28-15-10-14-27(24-28)26-12-4-3-5-13-26/h3-25H,1-2H3. The number of nitrogens with zero attached hydrogens (tertiary/aromatic N) is 3. The highest BCUT2D eigenvalue weighted by atomic mass is 32.1. The van der Waals surface area contributed by atoms with Crippen LogP contribution in [0.2, 0.25) is 0 Å². The van der Waals surface area contributed by atoms with Crippen molar-refractivity contribution in [2.24, 2.45) is 0 Å². The highest BCUT2D eigenvalue weighted by Crippen LogP contribution is 2.51. The normalized spacial score (nSPS) is 13.5. The van der Waals surface area contributed by atoms with Gasteiger partial charge in [0.25, 0.3) is 0 Å². The largest absolute Gasteiger partial charge is 0.300 e. The Labute approximate surface area is 276 Å². The van der Waals surface area contributed by atoms with Gasteiger partial charge in [0.1, 0.15) is 4.83 Å². The van der Waals surface area contributed by atoms with Gasteiger partial charge in [-0.25, -0.2) is 9.97 Å². The zero-order valence-corrected chi connectivity index (χ0v) is 26.8. The van der Waals surface area contributed by atoms with Crippen LogP contribution in [0.25, 0.3) is 81.6 Å². The minimum Gasteiger partial charge on any atom is -0.300 e. The molecule has 6 aromatic carbocycles. The van der Waals surface area contributed by atoms with Gasteiger partial charge in [-0.15, -0.1) is 11.3 Å². The number of benzene rings is 6. The van der Waals surface area contributed by atoms with Crippen LogP contribution in [0.15, 0.2) is 140 Å². The van der Waals surface area contributed by atoms with Crippen molar-refractivity contribution in [2.75, 3.05) is 0 Å². The SMILES string of the molecule is CC1(C)c2cc(-c3nc(-c4cccc(-c5ccccc5)c4)c4ccccc4n3)ccc2-n2c3sc4ccccc4c3c3cccc1c32. The van der Waals surface area contributed by atoms with Crippen molar-refractivity contribution in [3.05, 3.63) is 151 Å². The maximum Gasteiger partial charge on any atom is 0.160 e. The number of hydrogen-bond acceptors (Lipinski definition) is 3. The Bertz CT molecular complexity index is 2710. The molecule has 3 nitrogen and oxygen atoms in total. The van der Waals surface area contributed by atoms with Gasteiger partial charge in [0.15, 0.2) is 5.82 Å². The van der Waals surface area contributed by atoms with Crippen molar-refractivity contribution >= 4 is 53.4 Å². The van der Waals surface area contributed by atoms with Crippen molar-refractivity contribution in [3.8, 4) is 39.5 Å². The van der Waals surface area contributed by atoms with Crippen molar-refractivity contribution in [2.45, 2.75) is 19.3 Å². The lowest BCUT2D eigenvalue weighted by Crippen LogP contribution is -2.26. The average Bonchev–Trinajstić information content (AvgIpc) is 3.66. The number of hydrogen-bond donors (Lipinski definition) is 0. The van der Waals surface area contributed by atoms with E-state index in [2.05, 4.69) is 158 Å². The van der Waals surface area contributed by atoms with Crippen LogP contribution >= 0.6 is 11.3 Å². The monoisotopic (exact) mass is 619 g/mol. The van der Waals surface area contributed by atoms with E-state index in [9.17, 15) is 0 Å². The van der Waals surface area contributed by atoms with Gasteiger partial charge in [-0.05, 0) is 58.7 Å². The lowest BCUT2D eigenvalue weighted by Gasteiger charge is -2.35. The molecule has 0 aliphatic carbocycles. The Kier molecular flexibility index (Phi) is 5.50. The molecule has 0 saturated heterocycles. The van der Waals surface area contributed by atoms with Crippen LogP contribution in [0.1, 0.15) is 25.0 Å². The molecule has 4 heteroatoms. The van der Waals surface area contributed by atoms with Gasteiger partial charge < -0.3 is 4.57 Å². The molecule has 0 atom stereocenters. The molecule has 1 aliphatic heterocycles. The first-order valence-electron chi connectivity index (χ1n) is 16.1.